The highest BCUT2D eigenvalue weighted by atomic mass is 16.5. The molecule has 0 bridgehead atoms. The molecule has 0 spiro atoms. The number of nitrogens with one attached hydrogen (secondary N) is 2. The highest BCUT2D eigenvalue weighted by Gasteiger charge is 2.26. The van der Waals surface area contributed by atoms with Crippen molar-refractivity contribution >= 4 is 45.9 Å². The van der Waals surface area contributed by atoms with E-state index in [0.29, 0.717) is 33.9 Å². The number of pyridine rings is 2. The number of hydroxylamine groups is 1. The van der Waals surface area contributed by atoms with E-state index >= 15 is 0 Å². The molecule has 3 heterocycles. The Balaban J connectivity index is 1.29. The smallest absolute Gasteiger partial charge is 0.274 e. The Hall–Kier alpha value is -4.84. The van der Waals surface area contributed by atoms with Gasteiger partial charge in [0.15, 0.2) is 5.78 Å². The predicted molar refractivity (Wildman–Crippen MR) is 166 cm³/mol. The number of anilines is 4. The van der Waals surface area contributed by atoms with Gasteiger partial charge in [-0.1, -0.05) is 12.8 Å². The second-order valence-electron chi connectivity index (χ2n) is 11.0. The van der Waals surface area contributed by atoms with Crippen LogP contribution in [-0.4, -0.2) is 63.6 Å². The fraction of sp³-hybridized carbons (Fsp3) is 0.355. The lowest BCUT2D eigenvalue weighted by Crippen LogP contribution is -2.30. The second kappa shape index (κ2) is 12.6. The van der Waals surface area contributed by atoms with Crippen molar-refractivity contribution in [1.29, 1.82) is 0 Å². The highest BCUT2D eigenvalue weighted by Crippen LogP contribution is 2.32. The summed E-state index contributed by atoms with van der Waals surface area (Å²) in [5.41, 5.74) is 4.96. The number of hydrogen-bond acceptors (Lipinski definition) is 10. The molecule has 12 heteroatoms. The van der Waals surface area contributed by atoms with Gasteiger partial charge >= 0.3 is 0 Å². The van der Waals surface area contributed by atoms with Crippen molar-refractivity contribution in [2.45, 2.75) is 45.6 Å². The van der Waals surface area contributed by atoms with Gasteiger partial charge in [-0.15, -0.1) is 0 Å². The zero-order valence-corrected chi connectivity index (χ0v) is 24.8. The molecule has 0 atom stereocenters. The van der Waals surface area contributed by atoms with Crippen LogP contribution in [0.2, 0.25) is 0 Å². The van der Waals surface area contributed by atoms with Gasteiger partial charge in [0.05, 0.1) is 17.4 Å². The van der Waals surface area contributed by atoms with Crippen LogP contribution in [0.15, 0.2) is 53.6 Å². The number of carbonyl (C=O) groups is 2. The lowest BCUT2D eigenvalue weighted by atomic mass is 10.0. The van der Waals surface area contributed by atoms with Crippen molar-refractivity contribution in [3.05, 3.63) is 75.8 Å². The van der Waals surface area contributed by atoms with Gasteiger partial charge in [-0.3, -0.25) is 24.2 Å². The van der Waals surface area contributed by atoms with Crippen LogP contribution in [0, 0.1) is 6.92 Å². The summed E-state index contributed by atoms with van der Waals surface area (Å²) in [5.74, 6) is 0.0932. The van der Waals surface area contributed by atoms with Crippen LogP contribution in [0.5, 0.6) is 0 Å². The number of rotatable bonds is 10. The molecule has 43 heavy (non-hydrogen) atoms. The molecule has 4 aromatic rings. The van der Waals surface area contributed by atoms with Gasteiger partial charge in [-0.25, -0.2) is 15.4 Å². The number of carbonyl (C=O) groups excluding carboxylic acids is 2. The first-order valence-electron chi connectivity index (χ1n) is 14.3. The third kappa shape index (κ3) is 6.19. The molecule has 0 aliphatic heterocycles. The van der Waals surface area contributed by atoms with E-state index in [-0.39, 0.29) is 22.9 Å². The summed E-state index contributed by atoms with van der Waals surface area (Å²) in [5, 5.41) is 12.6. The number of likely N-dealkylation sites (N-methyl/N-ethyl adjacent to an activating group) is 2. The highest BCUT2D eigenvalue weighted by molar-refractivity contribution is 5.99. The van der Waals surface area contributed by atoms with E-state index in [9.17, 15) is 14.4 Å². The van der Waals surface area contributed by atoms with Gasteiger partial charge < -0.3 is 15.1 Å². The molecule has 0 saturated heterocycles. The van der Waals surface area contributed by atoms with Gasteiger partial charge in [0.25, 0.3) is 11.5 Å². The number of aryl methyl sites for hydroxylation is 1. The average molecular weight is 585 g/mol. The molecule has 1 fully saturated rings. The first-order chi connectivity index (χ1) is 20.7. The minimum atomic E-state index is -0.547. The number of hydrogen-bond donors (Lipinski definition) is 3. The molecule has 1 amide bonds. The van der Waals surface area contributed by atoms with Crippen molar-refractivity contribution in [2.75, 3.05) is 42.3 Å². The number of benzene rings is 1. The summed E-state index contributed by atoms with van der Waals surface area (Å²) in [6, 6.07) is 10.8. The summed E-state index contributed by atoms with van der Waals surface area (Å²) in [4.78, 5) is 55.3. The lowest BCUT2D eigenvalue weighted by Gasteiger charge is -2.25. The minimum absolute atomic E-state index is 0.00978. The van der Waals surface area contributed by atoms with E-state index in [1.54, 1.807) is 41.5 Å². The molecule has 3 N–H and O–H groups in total. The number of ketones is 1. The largest absolute Gasteiger partial charge is 0.373 e. The molecule has 5 rings (SSSR count). The fourth-order valence-corrected chi connectivity index (χ4v) is 5.60. The number of Topliss-reactive ketones (excluding diaryl/α,β-unsaturated/α-hetero) is 1. The Morgan fingerprint density at radius 2 is 1.63 bits per heavy atom. The molecular formula is C31H36N8O4. The van der Waals surface area contributed by atoms with Crippen LogP contribution in [0.1, 0.15) is 64.9 Å². The van der Waals surface area contributed by atoms with Crippen molar-refractivity contribution in [3.63, 3.8) is 0 Å². The van der Waals surface area contributed by atoms with Gasteiger partial charge in [0.2, 0.25) is 5.95 Å². The van der Waals surface area contributed by atoms with Crippen LogP contribution in [0.25, 0.3) is 11.0 Å². The van der Waals surface area contributed by atoms with Crippen LogP contribution < -0.4 is 26.2 Å². The molecule has 3 aromatic heterocycles. The molecule has 1 saturated carbocycles. The Morgan fingerprint density at radius 3 is 2.23 bits per heavy atom. The van der Waals surface area contributed by atoms with Crippen molar-refractivity contribution in [3.8, 4) is 0 Å². The maximum absolute atomic E-state index is 13.4. The van der Waals surface area contributed by atoms with E-state index < -0.39 is 5.91 Å². The Kier molecular flexibility index (Phi) is 8.67. The summed E-state index contributed by atoms with van der Waals surface area (Å²) in [6.07, 6.45) is 7.28. The Morgan fingerprint density at radius 1 is 0.977 bits per heavy atom. The van der Waals surface area contributed by atoms with E-state index in [1.807, 2.05) is 38.4 Å². The number of nitrogens with zero attached hydrogens (tertiary/aromatic N) is 6. The summed E-state index contributed by atoms with van der Waals surface area (Å²) < 4.78 is 1.70. The summed E-state index contributed by atoms with van der Waals surface area (Å²) in [6.45, 7) is 4.65. The van der Waals surface area contributed by atoms with Crippen molar-refractivity contribution in [1.82, 2.24) is 25.0 Å². The maximum Gasteiger partial charge on any atom is 0.274 e. The lowest BCUT2D eigenvalue weighted by molar-refractivity contribution is 0.0706. The van der Waals surface area contributed by atoms with Gasteiger partial charge in [-0.2, -0.15) is 4.98 Å². The fourth-order valence-electron chi connectivity index (χ4n) is 5.60. The van der Waals surface area contributed by atoms with Crippen molar-refractivity contribution in [2.24, 2.45) is 0 Å². The van der Waals surface area contributed by atoms with Crippen LogP contribution in [0.4, 0.5) is 23.1 Å². The normalized spacial score (nSPS) is 13.2. The van der Waals surface area contributed by atoms with Gasteiger partial charge in [-0.05, 0) is 68.7 Å². The second-order valence-corrected chi connectivity index (χ2v) is 11.0. The van der Waals surface area contributed by atoms with Crippen LogP contribution in [-0.2, 0) is 0 Å². The first-order valence-corrected chi connectivity index (χ1v) is 14.3. The van der Waals surface area contributed by atoms with E-state index in [2.05, 4.69) is 25.1 Å². The molecule has 0 radical (unpaired) electrons. The Bertz CT molecular complexity index is 1700. The predicted octanol–water partition coefficient (Wildman–Crippen LogP) is 4.25. The van der Waals surface area contributed by atoms with Gasteiger partial charge in [0.1, 0.15) is 11.5 Å². The Labute approximate surface area is 249 Å². The van der Waals surface area contributed by atoms with Gasteiger partial charge in [0, 0.05) is 56.1 Å². The monoisotopic (exact) mass is 584 g/mol. The zero-order valence-electron chi connectivity index (χ0n) is 24.8. The standard InChI is InChI=1S/C31H36N8O4/c1-19-25-18-33-31(35-28(25)39(23-7-5-6-8-23)30(42)27(19)20(2)40)34-26-14-13-24(17-32-26)38(4)16-15-37(3)22-11-9-21(10-12-22)29(41)36-43/h9-14,17-18,23,43H,5-8,15-16H2,1-4H3,(H,36,41)(H,32,33,34,35). The van der Waals surface area contributed by atoms with Crippen LogP contribution in [0.3, 0.4) is 0 Å². The van der Waals surface area contributed by atoms with E-state index in [1.165, 1.54) is 6.92 Å². The first kappa shape index (κ1) is 29.6. The number of amides is 1. The number of aromatic nitrogens is 4. The van der Waals surface area contributed by atoms with E-state index in [0.717, 1.165) is 50.1 Å². The third-order valence-corrected chi connectivity index (χ3v) is 8.12. The summed E-state index contributed by atoms with van der Waals surface area (Å²) >= 11 is 0. The molecule has 1 aliphatic rings. The number of fused-ring (bicyclic) bond motifs is 1. The van der Waals surface area contributed by atoms with Crippen LogP contribution >= 0.6 is 0 Å². The minimum Gasteiger partial charge on any atom is -0.373 e. The SMILES string of the molecule is CC(=O)c1c(C)c2cnc(Nc3ccc(N(C)CCN(C)c4ccc(C(=O)NO)cc4)cn3)nc2n(C2CCCC2)c1=O. The molecule has 224 valence electrons. The molecule has 1 aromatic carbocycles. The topological polar surface area (TPSA) is 146 Å². The maximum atomic E-state index is 13.4. The molecule has 12 nitrogen and oxygen atoms in total. The third-order valence-electron chi connectivity index (χ3n) is 8.12. The summed E-state index contributed by atoms with van der Waals surface area (Å²) in [7, 11) is 3.96. The van der Waals surface area contributed by atoms with E-state index in [4.69, 9.17) is 10.2 Å². The quantitative estimate of drug-likeness (QED) is 0.140. The zero-order chi connectivity index (χ0) is 30.7. The van der Waals surface area contributed by atoms with Crippen molar-refractivity contribution < 1.29 is 14.8 Å². The molecule has 0 unspecified atom stereocenters. The average Bonchev–Trinajstić information content (AvgIpc) is 3.54. The molecule has 1 aliphatic carbocycles. The molecular weight excluding hydrogens is 548 g/mol.